The molecule has 3 heterocycles. The number of rotatable bonds is 4. The van der Waals surface area contributed by atoms with Gasteiger partial charge in [-0.25, -0.2) is 0 Å². The summed E-state index contributed by atoms with van der Waals surface area (Å²) >= 11 is 0. The first kappa shape index (κ1) is 20.9. The fourth-order valence-corrected chi connectivity index (χ4v) is 5.10. The lowest BCUT2D eigenvalue weighted by atomic mass is 9.90. The minimum Gasteiger partial charge on any atom is -0.378 e. The van der Waals surface area contributed by atoms with E-state index in [0.717, 1.165) is 39.1 Å². The number of ether oxygens (including phenoxy) is 1. The molecule has 1 aromatic carbocycles. The second kappa shape index (κ2) is 9.25. The monoisotopic (exact) mass is 427 g/mol. The molecule has 0 unspecified atom stereocenters. The second-order valence-electron chi connectivity index (χ2n) is 8.85. The van der Waals surface area contributed by atoms with Crippen molar-refractivity contribution in [2.45, 2.75) is 39.0 Å². The molecule has 0 spiro atoms. The molecule has 1 fully saturated rings. The van der Waals surface area contributed by atoms with Crippen molar-refractivity contribution in [2.24, 2.45) is 0 Å². The van der Waals surface area contributed by atoms with Crippen LogP contribution in [-0.2, 0) is 4.74 Å². The molecule has 166 valence electrons. The van der Waals surface area contributed by atoms with Gasteiger partial charge in [-0.2, -0.15) is 0 Å². The van der Waals surface area contributed by atoms with Gasteiger partial charge in [0.1, 0.15) is 0 Å². The van der Waals surface area contributed by atoms with Gasteiger partial charge in [0.05, 0.1) is 24.6 Å². The highest BCUT2D eigenvalue weighted by atomic mass is 16.5. The molecule has 0 radical (unpaired) electrons. The summed E-state index contributed by atoms with van der Waals surface area (Å²) in [6.07, 6.45) is 17.0. The summed E-state index contributed by atoms with van der Waals surface area (Å²) in [5.41, 5.74) is 9.34. The smallest absolute Gasteiger partial charge is 0.0642 e. The van der Waals surface area contributed by atoms with Crippen LogP contribution in [-0.4, -0.2) is 30.9 Å². The molecule has 4 nitrogen and oxygen atoms in total. The summed E-state index contributed by atoms with van der Waals surface area (Å²) in [6, 6.07) is 10.9. The molecule has 1 atom stereocenters. The zero-order valence-corrected chi connectivity index (χ0v) is 19.2. The van der Waals surface area contributed by atoms with Crippen molar-refractivity contribution in [1.82, 2.24) is 4.57 Å². The molecule has 1 aliphatic carbocycles. The normalized spacial score (nSPS) is 23.9. The highest BCUT2D eigenvalue weighted by Gasteiger charge is 2.23. The Bertz CT molecular complexity index is 1100. The van der Waals surface area contributed by atoms with Crippen LogP contribution >= 0.6 is 0 Å². The number of aromatic nitrogens is 1. The number of fused-ring (bicyclic) bond motifs is 1. The van der Waals surface area contributed by atoms with Crippen LogP contribution in [0.3, 0.4) is 0 Å². The van der Waals surface area contributed by atoms with E-state index >= 15 is 0 Å². The predicted octanol–water partition coefficient (Wildman–Crippen LogP) is 6.34. The van der Waals surface area contributed by atoms with Gasteiger partial charge in [0.2, 0.25) is 0 Å². The molecule has 5 rings (SSSR count). The molecule has 2 aliphatic heterocycles. The molecule has 1 N–H and O–H groups in total. The fraction of sp³-hybridized carbons (Fsp3) is 0.357. The molecule has 4 heteroatoms. The maximum absolute atomic E-state index is 5.53. The van der Waals surface area contributed by atoms with Gasteiger partial charge in [-0.3, -0.25) is 0 Å². The number of morpholine rings is 1. The van der Waals surface area contributed by atoms with Crippen LogP contribution in [0.4, 0.5) is 11.4 Å². The molecule has 1 saturated heterocycles. The fourth-order valence-electron chi connectivity index (χ4n) is 5.10. The highest BCUT2D eigenvalue weighted by molar-refractivity contribution is 5.74. The molecule has 3 aliphatic rings. The predicted molar refractivity (Wildman–Crippen MR) is 134 cm³/mol. The zero-order chi connectivity index (χ0) is 21.9. The van der Waals surface area contributed by atoms with Crippen LogP contribution < -0.4 is 10.2 Å². The zero-order valence-electron chi connectivity index (χ0n) is 19.2. The Kier molecular flexibility index (Phi) is 6.04. The van der Waals surface area contributed by atoms with Crippen molar-refractivity contribution in [1.29, 1.82) is 0 Å². The third kappa shape index (κ3) is 4.07. The Morgan fingerprint density at radius 2 is 1.91 bits per heavy atom. The lowest BCUT2D eigenvalue weighted by Gasteiger charge is -2.28. The van der Waals surface area contributed by atoms with Crippen molar-refractivity contribution in [3.8, 4) is 0 Å². The second-order valence-corrected chi connectivity index (χ2v) is 8.85. The van der Waals surface area contributed by atoms with E-state index in [0.29, 0.717) is 5.92 Å². The summed E-state index contributed by atoms with van der Waals surface area (Å²) in [5.74, 6) is 0.397. The number of allylic oxidation sites excluding steroid dienone is 8. The van der Waals surface area contributed by atoms with Crippen molar-refractivity contribution < 1.29 is 4.74 Å². The van der Waals surface area contributed by atoms with E-state index in [1.54, 1.807) is 0 Å². The summed E-state index contributed by atoms with van der Waals surface area (Å²) in [7, 11) is 0. The lowest BCUT2D eigenvalue weighted by Crippen LogP contribution is -2.35. The first-order valence-electron chi connectivity index (χ1n) is 11.9. The van der Waals surface area contributed by atoms with Crippen molar-refractivity contribution in [3.63, 3.8) is 0 Å². The number of benzene rings is 1. The van der Waals surface area contributed by atoms with E-state index in [1.165, 1.54) is 45.9 Å². The van der Waals surface area contributed by atoms with Crippen molar-refractivity contribution in [2.75, 3.05) is 36.5 Å². The summed E-state index contributed by atoms with van der Waals surface area (Å²) < 4.78 is 7.87. The van der Waals surface area contributed by atoms with Crippen LogP contribution in [0.5, 0.6) is 0 Å². The van der Waals surface area contributed by atoms with E-state index in [9.17, 15) is 0 Å². The first-order valence-corrected chi connectivity index (χ1v) is 11.9. The Morgan fingerprint density at radius 3 is 2.72 bits per heavy atom. The van der Waals surface area contributed by atoms with E-state index in [2.05, 4.69) is 95.7 Å². The Balaban J connectivity index is 1.48. The van der Waals surface area contributed by atoms with Crippen LogP contribution in [0.2, 0.25) is 0 Å². The maximum atomic E-state index is 5.53. The molecule has 0 bridgehead atoms. The average molecular weight is 428 g/mol. The highest BCUT2D eigenvalue weighted by Crippen LogP contribution is 2.39. The van der Waals surface area contributed by atoms with Crippen molar-refractivity contribution >= 4 is 17.1 Å². The Hall–Kier alpha value is -2.98. The van der Waals surface area contributed by atoms with Gasteiger partial charge >= 0.3 is 0 Å². The van der Waals surface area contributed by atoms with E-state index in [-0.39, 0.29) is 0 Å². The van der Waals surface area contributed by atoms with Crippen LogP contribution in [0.15, 0.2) is 83.9 Å². The third-order valence-corrected chi connectivity index (χ3v) is 6.82. The summed E-state index contributed by atoms with van der Waals surface area (Å²) in [6.45, 7) is 7.94. The summed E-state index contributed by atoms with van der Waals surface area (Å²) in [4.78, 5) is 2.42. The number of anilines is 2. The molecule has 1 aromatic heterocycles. The van der Waals surface area contributed by atoms with Crippen LogP contribution in [0, 0.1) is 0 Å². The SMILES string of the molecule is CC=CC1=C(n2ccc(N3CCOCC3)c2)/C(=C/C=C2/Nc3ccccc3[C@@H]2C)CCC1. The number of hydrogen-bond acceptors (Lipinski definition) is 3. The topological polar surface area (TPSA) is 29.4 Å². The minimum absolute atomic E-state index is 0.397. The standard InChI is InChI=1S/C28H33N3O/c1-3-7-22-8-6-9-23(12-13-26-21(2)25-10-4-5-11-27(25)29-26)28(22)31-15-14-24(20-31)30-16-18-32-19-17-30/h3-5,7,10-15,20-21,29H,6,8-9,16-19H2,1-2H3/b7-3?,23-12+,26-13+/t21-/m0/s1. The number of hydrogen-bond donors (Lipinski definition) is 1. The molecular weight excluding hydrogens is 394 g/mol. The molecular formula is C28H33N3O. The van der Waals surface area contributed by atoms with Crippen LogP contribution in [0.25, 0.3) is 5.70 Å². The quantitative estimate of drug-likeness (QED) is 0.618. The van der Waals surface area contributed by atoms with Gasteiger partial charge < -0.3 is 19.5 Å². The van der Waals surface area contributed by atoms with Gasteiger partial charge in [0.15, 0.2) is 0 Å². The largest absolute Gasteiger partial charge is 0.378 e. The van der Waals surface area contributed by atoms with Gasteiger partial charge in [0, 0.05) is 42.8 Å². The van der Waals surface area contributed by atoms with E-state index < -0.39 is 0 Å². The molecule has 2 aromatic rings. The van der Waals surface area contributed by atoms with Gasteiger partial charge in [-0.15, -0.1) is 0 Å². The Labute approximate surface area is 191 Å². The summed E-state index contributed by atoms with van der Waals surface area (Å²) in [5, 5.41) is 3.62. The first-order chi connectivity index (χ1) is 15.7. The van der Waals surface area contributed by atoms with Gasteiger partial charge in [-0.05, 0) is 61.1 Å². The molecule has 32 heavy (non-hydrogen) atoms. The van der Waals surface area contributed by atoms with Gasteiger partial charge in [-0.1, -0.05) is 43.4 Å². The molecule has 0 amide bonds. The Morgan fingerprint density at radius 1 is 1.06 bits per heavy atom. The van der Waals surface area contributed by atoms with Crippen LogP contribution in [0.1, 0.15) is 44.6 Å². The minimum atomic E-state index is 0.397. The average Bonchev–Trinajstić information content (AvgIpc) is 3.44. The van der Waals surface area contributed by atoms with Crippen molar-refractivity contribution in [3.05, 3.63) is 89.4 Å². The number of nitrogens with one attached hydrogen (secondary N) is 1. The van der Waals surface area contributed by atoms with E-state index in [4.69, 9.17) is 4.74 Å². The van der Waals surface area contributed by atoms with Gasteiger partial charge in [0.25, 0.3) is 0 Å². The molecule has 0 saturated carbocycles. The lowest BCUT2D eigenvalue weighted by molar-refractivity contribution is 0.122. The third-order valence-electron chi connectivity index (χ3n) is 6.82. The number of para-hydroxylation sites is 1. The maximum Gasteiger partial charge on any atom is 0.0642 e. The number of nitrogens with zero attached hydrogens (tertiary/aromatic N) is 2. The van der Waals surface area contributed by atoms with E-state index in [1.807, 2.05) is 0 Å².